The molecule has 0 saturated carbocycles. The summed E-state index contributed by atoms with van der Waals surface area (Å²) in [6.07, 6.45) is 7.47. The van der Waals surface area contributed by atoms with Crippen LogP contribution >= 0.6 is 0 Å². The van der Waals surface area contributed by atoms with E-state index in [2.05, 4.69) is 9.97 Å². The van der Waals surface area contributed by atoms with Gasteiger partial charge in [-0.3, -0.25) is 0 Å². The first-order valence-corrected chi connectivity index (χ1v) is 4.48. The number of imidazole rings is 2. The van der Waals surface area contributed by atoms with Crippen LogP contribution in [0.1, 0.15) is 18.9 Å². The van der Waals surface area contributed by atoms with Crippen molar-refractivity contribution in [1.29, 1.82) is 0 Å². The van der Waals surface area contributed by atoms with E-state index >= 15 is 0 Å². The highest BCUT2D eigenvalue weighted by molar-refractivity contribution is 4.90. The van der Waals surface area contributed by atoms with Gasteiger partial charge in [-0.05, 0) is 13.8 Å². The summed E-state index contributed by atoms with van der Waals surface area (Å²) in [7, 11) is 3.93. The summed E-state index contributed by atoms with van der Waals surface area (Å²) in [4.78, 5) is 7.96. The van der Waals surface area contributed by atoms with Crippen LogP contribution in [0.3, 0.4) is 0 Å². The molecule has 0 aliphatic heterocycles. The van der Waals surface area contributed by atoms with Gasteiger partial charge in [0.2, 0.25) is 0 Å². The Morgan fingerprint density at radius 1 is 1.13 bits per heavy atom. The van der Waals surface area contributed by atoms with E-state index in [-0.39, 0.29) is 7.43 Å². The minimum atomic E-state index is 0. The molecule has 84 valence electrons. The molecule has 0 aromatic carbocycles. The zero-order valence-electron chi connectivity index (χ0n) is 9.10. The van der Waals surface area contributed by atoms with E-state index in [9.17, 15) is 0 Å². The third-order valence-electron chi connectivity index (χ3n) is 1.90. The number of aryl methyl sites for hydroxylation is 4. The van der Waals surface area contributed by atoms with Gasteiger partial charge in [-0.25, -0.2) is 9.97 Å². The first-order valence-electron chi connectivity index (χ1n) is 4.48. The van der Waals surface area contributed by atoms with Crippen molar-refractivity contribution in [2.45, 2.75) is 21.3 Å². The molecule has 2 heterocycles. The van der Waals surface area contributed by atoms with Crippen molar-refractivity contribution in [2.24, 2.45) is 14.1 Å². The Balaban J connectivity index is 0.000000245. The molecule has 0 aliphatic rings. The van der Waals surface area contributed by atoms with Crippen LogP contribution in [0.2, 0.25) is 0 Å². The van der Waals surface area contributed by atoms with Gasteiger partial charge in [0.15, 0.2) is 0 Å². The minimum absolute atomic E-state index is 0. The third kappa shape index (κ3) is 4.44. The largest absolute Gasteiger partial charge is 0.340 e. The highest BCUT2D eigenvalue weighted by Crippen LogP contribution is 1.87. The normalized spacial score (nSPS) is 8.80. The van der Waals surface area contributed by atoms with Crippen molar-refractivity contribution in [3.8, 4) is 0 Å². The van der Waals surface area contributed by atoms with Gasteiger partial charge in [-0.2, -0.15) is 0 Å². The van der Waals surface area contributed by atoms with Crippen molar-refractivity contribution in [3.05, 3.63) is 36.4 Å². The SMILES string of the molecule is C.Cc1cn(C)cn1.Cc1nccn1C. The van der Waals surface area contributed by atoms with Gasteiger partial charge in [0.25, 0.3) is 0 Å². The monoisotopic (exact) mass is 208 g/mol. The van der Waals surface area contributed by atoms with Crippen molar-refractivity contribution in [3.63, 3.8) is 0 Å². The maximum Gasteiger partial charge on any atom is 0.105 e. The van der Waals surface area contributed by atoms with Gasteiger partial charge in [0.05, 0.1) is 12.0 Å². The lowest BCUT2D eigenvalue weighted by Crippen LogP contribution is -1.86. The first kappa shape index (κ1) is 13.4. The van der Waals surface area contributed by atoms with Crippen LogP contribution in [0.25, 0.3) is 0 Å². The predicted molar refractivity (Wildman–Crippen MR) is 62.6 cm³/mol. The highest BCUT2D eigenvalue weighted by atomic mass is 15.0. The van der Waals surface area contributed by atoms with E-state index in [4.69, 9.17) is 0 Å². The molecule has 15 heavy (non-hydrogen) atoms. The lowest BCUT2D eigenvalue weighted by atomic mass is 10.6. The smallest absolute Gasteiger partial charge is 0.105 e. The zero-order chi connectivity index (χ0) is 10.6. The maximum atomic E-state index is 3.98. The van der Waals surface area contributed by atoms with Crippen molar-refractivity contribution < 1.29 is 0 Å². The molecule has 0 bridgehead atoms. The van der Waals surface area contributed by atoms with E-state index in [1.54, 1.807) is 12.5 Å². The molecular weight excluding hydrogens is 188 g/mol. The molecule has 0 fully saturated rings. The fraction of sp³-hybridized carbons (Fsp3) is 0.455. The van der Waals surface area contributed by atoms with Gasteiger partial charge in [0.1, 0.15) is 5.82 Å². The predicted octanol–water partition coefficient (Wildman–Crippen LogP) is 2.09. The standard InChI is InChI=1S/2C5H8N2.CH4/c1-5-3-7(2)4-6-5;1-5-6-3-4-7(5)2;/h2*3-4H,1-2H3;1H4. The van der Waals surface area contributed by atoms with Crippen LogP contribution in [0.15, 0.2) is 24.9 Å². The maximum absolute atomic E-state index is 3.98. The van der Waals surface area contributed by atoms with Crippen LogP contribution in [-0.4, -0.2) is 19.1 Å². The quantitative estimate of drug-likeness (QED) is 0.664. The van der Waals surface area contributed by atoms with E-state index in [0.717, 1.165) is 11.5 Å². The van der Waals surface area contributed by atoms with E-state index in [1.165, 1.54) is 0 Å². The van der Waals surface area contributed by atoms with Crippen LogP contribution < -0.4 is 0 Å². The Morgan fingerprint density at radius 3 is 1.93 bits per heavy atom. The first-order chi connectivity index (χ1) is 6.59. The van der Waals surface area contributed by atoms with E-state index < -0.39 is 0 Å². The molecule has 0 saturated heterocycles. The van der Waals surface area contributed by atoms with Crippen molar-refractivity contribution >= 4 is 0 Å². The molecule has 0 unspecified atom stereocenters. The van der Waals surface area contributed by atoms with Gasteiger partial charge >= 0.3 is 0 Å². The summed E-state index contributed by atoms with van der Waals surface area (Å²) in [5.74, 6) is 1.06. The molecular formula is C11H20N4. The van der Waals surface area contributed by atoms with Crippen LogP contribution in [0.5, 0.6) is 0 Å². The van der Waals surface area contributed by atoms with Crippen LogP contribution in [-0.2, 0) is 14.1 Å². The molecule has 0 N–H and O–H groups in total. The van der Waals surface area contributed by atoms with E-state index in [0.29, 0.717) is 0 Å². The second-order valence-electron chi connectivity index (χ2n) is 3.27. The molecule has 0 atom stereocenters. The topological polar surface area (TPSA) is 35.6 Å². The van der Waals surface area contributed by atoms with Gasteiger partial charge in [0, 0.05) is 32.7 Å². The minimum Gasteiger partial charge on any atom is -0.340 e. The average Bonchev–Trinajstić information content (AvgIpc) is 2.65. The highest BCUT2D eigenvalue weighted by Gasteiger charge is 1.83. The number of rotatable bonds is 0. The second-order valence-corrected chi connectivity index (χ2v) is 3.27. The summed E-state index contributed by atoms with van der Waals surface area (Å²) < 4.78 is 3.90. The van der Waals surface area contributed by atoms with Crippen molar-refractivity contribution in [2.75, 3.05) is 0 Å². The molecule has 4 heteroatoms. The van der Waals surface area contributed by atoms with Crippen LogP contribution in [0.4, 0.5) is 0 Å². The Labute approximate surface area is 91.6 Å². The Kier molecular flexibility index (Phi) is 5.37. The summed E-state index contributed by atoms with van der Waals surface area (Å²) in [5, 5.41) is 0. The fourth-order valence-corrected chi connectivity index (χ4v) is 0.984. The summed E-state index contributed by atoms with van der Waals surface area (Å²) in [6.45, 7) is 3.94. The van der Waals surface area contributed by atoms with E-state index in [1.807, 2.05) is 49.5 Å². The van der Waals surface area contributed by atoms with Crippen LogP contribution in [0, 0.1) is 13.8 Å². The third-order valence-corrected chi connectivity index (χ3v) is 1.90. The molecule has 0 aliphatic carbocycles. The number of hydrogen-bond acceptors (Lipinski definition) is 2. The lowest BCUT2D eigenvalue weighted by Gasteiger charge is -1.87. The molecule has 2 aromatic rings. The fourth-order valence-electron chi connectivity index (χ4n) is 0.984. The second kappa shape index (κ2) is 6.01. The zero-order valence-corrected chi connectivity index (χ0v) is 9.10. The summed E-state index contributed by atoms with van der Waals surface area (Å²) >= 11 is 0. The van der Waals surface area contributed by atoms with Gasteiger partial charge < -0.3 is 9.13 Å². The Hall–Kier alpha value is -1.58. The molecule has 0 radical (unpaired) electrons. The molecule has 4 nitrogen and oxygen atoms in total. The summed E-state index contributed by atoms with van der Waals surface area (Å²) in [5.41, 5.74) is 1.07. The molecule has 2 aromatic heterocycles. The van der Waals surface area contributed by atoms with Crippen molar-refractivity contribution in [1.82, 2.24) is 19.1 Å². The van der Waals surface area contributed by atoms with Gasteiger partial charge in [-0.15, -0.1) is 0 Å². The van der Waals surface area contributed by atoms with Gasteiger partial charge in [-0.1, -0.05) is 7.43 Å². The Bertz CT molecular complexity index is 354. The number of hydrogen-bond donors (Lipinski definition) is 0. The number of aromatic nitrogens is 4. The molecule has 2 rings (SSSR count). The molecule has 0 spiro atoms. The average molecular weight is 208 g/mol. The summed E-state index contributed by atoms with van der Waals surface area (Å²) in [6, 6.07) is 0. The Morgan fingerprint density at radius 2 is 1.80 bits per heavy atom. The lowest BCUT2D eigenvalue weighted by molar-refractivity contribution is 0.858. The number of nitrogens with zero attached hydrogens (tertiary/aromatic N) is 4. The molecule has 0 amide bonds.